The monoisotopic (exact) mass is 411 g/mol. The molecule has 106 valence electrons. The summed E-state index contributed by atoms with van der Waals surface area (Å²) in [5, 5.41) is 0.614. The van der Waals surface area contributed by atoms with E-state index in [1.807, 2.05) is 49.4 Å². The Hall–Kier alpha value is -1.53. The summed E-state index contributed by atoms with van der Waals surface area (Å²) in [6.45, 7) is 1.89. The SMILES string of the molecule is C/C=C1/c2cc(Cl)cc(I)c2OC(=O)N1c1ccccc1. The van der Waals surface area contributed by atoms with Gasteiger partial charge in [-0.05, 0) is 53.8 Å². The van der Waals surface area contributed by atoms with Gasteiger partial charge in [-0.3, -0.25) is 0 Å². The molecule has 5 heteroatoms. The molecule has 0 unspecified atom stereocenters. The van der Waals surface area contributed by atoms with E-state index >= 15 is 0 Å². The van der Waals surface area contributed by atoms with Crippen LogP contribution >= 0.6 is 34.2 Å². The van der Waals surface area contributed by atoms with Crippen LogP contribution in [0.4, 0.5) is 10.5 Å². The molecule has 3 nitrogen and oxygen atoms in total. The number of ether oxygens (including phenoxy) is 1. The fourth-order valence-electron chi connectivity index (χ4n) is 2.31. The van der Waals surface area contributed by atoms with Crippen molar-refractivity contribution < 1.29 is 9.53 Å². The van der Waals surface area contributed by atoms with Crippen molar-refractivity contribution >= 4 is 51.7 Å². The van der Waals surface area contributed by atoms with Crippen LogP contribution in [0.1, 0.15) is 12.5 Å². The molecule has 0 aliphatic carbocycles. The number of halogens is 2. The Kier molecular flexibility index (Phi) is 3.91. The summed E-state index contributed by atoms with van der Waals surface area (Å²) in [6, 6.07) is 13.0. The van der Waals surface area contributed by atoms with Crippen molar-refractivity contribution in [1.82, 2.24) is 0 Å². The number of anilines is 1. The Labute approximate surface area is 141 Å². The van der Waals surface area contributed by atoms with Crippen LogP contribution < -0.4 is 9.64 Å². The number of fused-ring (bicyclic) bond motifs is 1. The van der Waals surface area contributed by atoms with Crippen molar-refractivity contribution in [2.24, 2.45) is 0 Å². The summed E-state index contributed by atoms with van der Waals surface area (Å²) in [5.41, 5.74) is 2.35. The summed E-state index contributed by atoms with van der Waals surface area (Å²) in [7, 11) is 0. The van der Waals surface area contributed by atoms with Crippen LogP contribution in [-0.4, -0.2) is 6.09 Å². The molecule has 2 aromatic rings. The van der Waals surface area contributed by atoms with Crippen LogP contribution in [0.2, 0.25) is 5.02 Å². The van der Waals surface area contributed by atoms with Gasteiger partial charge in [0.05, 0.1) is 15.0 Å². The lowest BCUT2D eigenvalue weighted by atomic mass is 10.1. The summed E-state index contributed by atoms with van der Waals surface area (Å²) >= 11 is 8.26. The second-order valence-electron chi connectivity index (χ2n) is 4.48. The maximum Gasteiger partial charge on any atom is 0.424 e. The number of hydrogen-bond donors (Lipinski definition) is 0. The fourth-order valence-corrected chi connectivity index (χ4v) is 3.45. The summed E-state index contributed by atoms with van der Waals surface area (Å²) in [5.74, 6) is 0.560. The minimum atomic E-state index is -0.415. The highest BCUT2D eigenvalue weighted by molar-refractivity contribution is 14.1. The Morgan fingerprint density at radius 3 is 2.62 bits per heavy atom. The molecule has 0 radical (unpaired) electrons. The molecule has 1 aliphatic heterocycles. The van der Waals surface area contributed by atoms with Crippen LogP contribution in [0.3, 0.4) is 0 Å². The van der Waals surface area contributed by atoms with E-state index in [-0.39, 0.29) is 0 Å². The van der Waals surface area contributed by atoms with Gasteiger partial charge < -0.3 is 4.74 Å². The van der Waals surface area contributed by atoms with Crippen LogP contribution in [0.5, 0.6) is 5.75 Å². The number of nitrogens with zero attached hydrogens (tertiary/aromatic N) is 1. The normalized spacial score (nSPS) is 15.9. The van der Waals surface area contributed by atoms with Crippen LogP contribution in [0.15, 0.2) is 48.5 Å². The van der Waals surface area contributed by atoms with E-state index in [0.717, 1.165) is 20.5 Å². The minimum absolute atomic E-state index is 0.415. The van der Waals surface area contributed by atoms with E-state index in [1.165, 1.54) is 0 Å². The number of hydrogen-bond acceptors (Lipinski definition) is 2. The Balaban J connectivity index is 2.20. The largest absolute Gasteiger partial charge is 0.424 e. The average molecular weight is 412 g/mol. The number of allylic oxidation sites excluding steroid dienone is 1. The summed E-state index contributed by atoms with van der Waals surface area (Å²) in [4.78, 5) is 13.9. The third kappa shape index (κ3) is 2.53. The summed E-state index contributed by atoms with van der Waals surface area (Å²) in [6.07, 6.45) is 1.47. The third-order valence-electron chi connectivity index (χ3n) is 3.19. The molecule has 1 amide bonds. The predicted molar refractivity (Wildman–Crippen MR) is 92.8 cm³/mol. The molecule has 1 heterocycles. The van der Waals surface area contributed by atoms with Gasteiger partial charge in [-0.25, -0.2) is 9.69 Å². The van der Waals surface area contributed by atoms with Gasteiger partial charge in [-0.15, -0.1) is 0 Å². The number of amides is 1. The molecule has 0 spiro atoms. The van der Waals surface area contributed by atoms with E-state index in [2.05, 4.69) is 22.6 Å². The molecule has 21 heavy (non-hydrogen) atoms. The molecule has 1 aliphatic rings. The number of para-hydroxylation sites is 1. The van der Waals surface area contributed by atoms with Crippen molar-refractivity contribution in [2.45, 2.75) is 6.92 Å². The lowest BCUT2D eigenvalue weighted by Gasteiger charge is -2.31. The van der Waals surface area contributed by atoms with E-state index in [4.69, 9.17) is 16.3 Å². The molecule has 0 aromatic heterocycles. The number of carbonyl (C=O) groups excluding carboxylic acids is 1. The standard InChI is InChI=1S/C16H11ClINO2/c1-2-14-12-8-10(17)9-13(18)15(12)21-16(20)19(14)11-6-4-3-5-7-11/h2-9H,1H3/b14-2-. The van der Waals surface area contributed by atoms with Gasteiger partial charge >= 0.3 is 6.09 Å². The van der Waals surface area contributed by atoms with E-state index in [0.29, 0.717) is 10.8 Å². The zero-order chi connectivity index (χ0) is 15.0. The van der Waals surface area contributed by atoms with E-state index in [9.17, 15) is 4.79 Å². The first-order chi connectivity index (χ1) is 10.1. The third-order valence-corrected chi connectivity index (χ3v) is 4.20. The first-order valence-electron chi connectivity index (χ1n) is 6.34. The lowest BCUT2D eigenvalue weighted by Crippen LogP contribution is -2.36. The first kappa shape index (κ1) is 14.4. The van der Waals surface area contributed by atoms with Gasteiger partial charge in [0, 0.05) is 10.6 Å². The molecule has 0 N–H and O–H groups in total. The number of rotatable bonds is 1. The van der Waals surface area contributed by atoms with Crippen molar-refractivity contribution in [3.05, 3.63) is 62.7 Å². The highest BCUT2D eigenvalue weighted by Gasteiger charge is 2.32. The molecule has 0 atom stereocenters. The zero-order valence-corrected chi connectivity index (χ0v) is 14.1. The smallest absolute Gasteiger partial charge is 0.408 e. The predicted octanol–water partition coefficient (Wildman–Crippen LogP) is 5.32. The van der Waals surface area contributed by atoms with Crippen LogP contribution in [-0.2, 0) is 0 Å². The quantitative estimate of drug-likeness (QED) is 0.594. The maximum absolute atomic E-state index is 12.4. The second kappa shape index (κ2) is 5.69. The van der Waals surface area contributed by atoms with Gasteiger partial charge in [-0.2, -0.15) is 0 Å². The molecule has 0 saturated heterocycles. The minimum Gasteiger partial charge on any atom is -0.408 e. The fraction of sp³-hybridized carbons (Fsp3) is 0.0625. The van der Waals surface area contributed by atoms with Crippen molar-refractivity contribution in [3.8, 4) is 5.75 Å². The van der Waals surface area contributed by atoms with Crippen molar-refractivity contribution in [2.75, 3.05) is 4.90 Å². The van der Waals surface area contributed by atoms with Gasteiger partial charge in [0.2, 0.25) is 0 Å². The Morgan fingerprint density at radius 2 is 1.95 bits per heavy atom. The number of benzene rings is 2. The zero-order valence-electron chi connectivity index (χ0n) is 11.1. The highest BCUT2D eigenvalue weighted by Crippen LogP contribution is 2.41. The molecule has 3 rings (SSSR count). The van der Waals surface area contributed by atoms with Crippen LogP contribution in [0, 0.1) is 3.57 Å². The van der Waals surface area contributed by atoms with Gasteiger partial charge in [0.1, 0.15) is 0 Å². The van der Waals surface area contributed by atoms with Crippen LogP contribution in [0.25, 0.3) is 5.70 Å². The Morgan fingerprint density at radius 1 is 1.24 bits per heavy atom. The molecular weight excluding hydrogens is 401 g/mol. The second-order valence-corrected chi connectivity index (χ2v) is 6.08. The van der Waals surface area contributed by atoms with Gasteiger partial charge in [-0.1, -0.05) is 35.9 Å². The van der Waals surface area contributed by atoms with Gasteiger partial charge in [0.15, 0.2) is 5.75 Å². The molecule has 0 bridgehead atoms. The molecule has 2 aromatic carbocycles. The molecular formula is C16H11ClINO2. The first-order valence-corrected chi connectivity index (χ1v) is 7.80. The van der Waals surface area contributed by atoms with Crippen molar-refractivity contribution in [1.29, 1.82) is 0 Å². The summed E-state index contributed by atoms with van der Waals surface area (Å²) < 4.78 is 6.31. The molecule has 0 saturated carbocycles. The highest BCUT2D eigenvalue weighted by atomic mass is 127. The maximum atomic E-state index is 12.4. The van der Waals surface area contributed by atoms with E-state index < -0.39 is 6.09 Å². The molecule has 0 fully saturated rings. The topological polar surface area (TPSA) is 29.5 Å². The Bertz CT molecular complexity index is 743. The lowest BCUT2D eigenvalue weighted by molar-refractivity contribution is 0.208. The van der Waals surface area contributed by atoms with E-state index in [1.54, 1.807) is 11.0 Å². The number of carbonyl (C=O) groups is 1. The van der Waals surface area contributed by atoms with Crippen molar-refractivity contribution in [3.63, 3.8) is 0 Å². The van der Waals surface area contributed by atoms with Gasteiger partial charge in [0.25, 0.3) is 0 Å². The average Bonchev–Trinajstić information content (AvgIpc) is 2.48.